The summed E-state index contributed by atoms with van der Waals surface area (Å²) in [6.07, 6.45) is 1.25. The number of amides is 1. The summed E-state index contributed by atoms with van der Waals surface area (Å²) in [5.41, 5.74) is 1.70. The Bertz CT molecular complexity index is 470. The van der Waals surface area contributed by atoms with Crippen LogP contribution in [0, 0.1) is 0 Å². The lowest BCUT2D eigenvalue weighted by molar-refractivity contribution is 0.0756. The van der Waals surface area contributed by atoms with Crippen LogP contribution in [0.1, 0.15) is 41.6 Å². The van der Waals surface area contributed by atoms with Gasteiger partial charge in [-0.05, 0) is 50.4 Å². The van der Waals surface area contributed by atoms with Crippen LogP contribution >= 0.6 is 0 Å². The normalized spacial score (nSPS) is 19.0. The molecule has 0 aromatic heterocycles. The van der Waals surface area contributed by atoms with Crippen LogP contribution in [0.3, 0.4) is 0 Å². The summed E-state index contributed by atoms with van der Waals surface area (Å²) in [5.74, 6) is 0.149. The first-order valence-corrected chi connectivity index (χ1v) is 7.53. The van der Waals surface area contributed by atoms with E-state index >= 15 is 0 Å². The summed E-state index contributed by atoms with van der Waals surface area (Å²) in [6, 6.07) is 6.96. The second-order valence-electron chi connectivity index (χ2n) is 5.61. The molecule has 116 valence electrons. The molecule has 1 unspecified atom stereocenters. The number of aliphatic hydroxyl groups is 2. The minimum absolute atomic E-state index is 0.232. The van der Waals surface area contributed by atoms with Gasteiger partial charge in [0, 0.05) is 5.56 Å². The Morgan fingerprint density at radius 1 is 1.38 bits per heavy atom. The summed E-state index contributed by atoms with van der Waals surface area (Å²) in [7, 11) is 0. The molecule has 4 N–H and O–H groups in total. The molecule has 1 heterocycles. The van der Waals surface area contributed by atoms with Gasteiger partial charge in [0.05, 0.1) is 18.8 Å². The Kier molecular flexibility index (Phi) is 5.73. The smallest absolute Gasteiger partial charge is 0.251 e. The van der Waals surface area contributed by atoms with Crippen LogP contribution < -0.4 is 10.6 Å². The second-order valence-corrected chi connectivity index (χ2v) is 5.61. The largest absolute Gasteiger partial charge is 0.394 e. The maximum absolute atomic E-state index is 12.4. The maximum Gasteiger partial charge on any atom is 0.251 e. The Morgan fingerprint density at radius 3 is 2.67 bits per heavy atom. The zero-order chi connectivity index (χ0) is 15.2. The highest BCUT2D eigenvalue weighted by Crippen LogP contribution is 2.28. The van der Waals surface area contributed by atoms with Gasteiger partial charge in [-0.2, -0.15) is 0 Å². The summed E-state index contributed by atoms with van der Waals surface area (Å²) in [5, 5.41) is 24.8. The highest BCUT2D eigenvalue weighted by atomic mass is 16.3. The fourth-order valence-electron chi connectivity index (χ4n) is 2.76. The number of aliphatic hydroxyl groups excluding tert-OH is 2. The van der Waals surface area contributed by atoms with Gasteiger partial charge in [0.25, 0.3) is 5.91 Å². The lowest BCUT2D eigenvalue weighted by Crippen LogP contribution is -2.45. The number of hydrogen-bond donors (Lipinski definition) is 4. The first-order valence-electron chi connectivity index (χ1n) is 7.53. The standard InChI is InChI=1S/C16H24N2O3/c1-11(20)15(10-19)18-16(21)14-5-3-2-4-13(14)12-6-8-17-9-7-12/h2-5,11-12,15,17,19-20H,6-10H2,1H3,(H,18,21)/t11?,15-/m1/s1. The molecule has 1 aromatic rings. The average Bonchev–Trinajstić information content (AvgIpc) is 2.53. The average molecular weight is 292 g/mol. The highest BCUT2D eigenvalue weighted by Gasteiger charge is 2.23. The molecule has 2 rings (SSSR count). The van der Waals surface area contributed by atoms with Crippen molar-refractivity contribution in [1.29, 1.82) is 0 Å². The molecular formula is C16H24N2O3. The predicted octanol–water partition coefficient (Wildman–Crippen LogP) is 0.625. The summed E-state index contributed by atoms with van der Waals surface area (Å²) >= 11 is 0. The van der Waals surface area contributed by atoms with Crippen molar-refractivity contribution in [3.63, 3.8) is 0 Å². The fourth-order valence-corrected chi connectivity index (χ4v) is 2.76. The molecule has 1 aliphatic heterocycles. The van der Waals surface area contributed by atoms with Crippen molar-refractivity contribution in [3.8, 4) is 0 Å². The van der Waals surface area contributed by atoms with Crippen molar-refractivity contribution in [2.45, 2.75) is 37.8 Å². The molecule has 1 aromatic carbocycles. The minimum Gasteiger partial charge on any atom is -0.394 e. The molecule has 21 heavy (non-hydrogen) atoms. The third-order valence-corrected chi connectivity index (χ3v) is 4.08. The summed E-state index contributed by atoms with van der Waals surface area (Å²) < 4.78 is 0. The number of nitrogens with one attached hydrogen (secondary N) is 2. The van der Waals surface area contributed by atoms with Crippen molar-refractivity contribution < 1.29 is 15.0 Å². The number of carbonyl (C=O) groups is 1. The van der Waals surface area contributed by atoms with Gasteiger partial charge in [-0.1, -0.05) is 18.2 Å². The molecule has 5 nitrogen and oxygen atoms in total. The number of carbonyl (C=O) groups excluding carboxylic acids is 1. The van der Waals surface area contributed by atoms with Crippen LogP contribution in [0.2, 0.25) is 0 Å². The topological polar surface area (TPSA) is 81.6 Å². The van der Waals surface area contributed by atoms with Crippen molar-refractivity contribution in [1.82, 2.24) is 10.6 Å². The van der Waals surface area contributed by atoms with Crippen LogP contribution in [-0.4, -0.2) is 48.0 Å². The monoisotopic (exact) mass is 292 g/mol. The third-order valence-electron chi connectivity index (χ3n) is 4.08. The number of piperidine rings is 1. The molecule has 0 saturated carbocycles. The SMILES string of the molecule is CC(O)[C@@H](CO)NC(=O)c1ccccc1C1CCNCC1. The maximum atomic E-state index is 12.4. The number of rotatable bonds is 5. The van der Waals surface area contributed by atoms with Gasteiger partial charge in [-0.15, -0.1) is 0 Å². The van der Waals surface area contributed by atoms with Crippen LogP contribution in [0.5, 0.6) is 0 Å². The molecule has 1 amide bonds. The van der Waals surface area contributed by atoms with Crippen LogP contribution in [-0.2, 0) is 0 Å². The molecule has 0 radical (unpaired) electrons. The zero-order valence-corrected chi connectivity index (χ0v) is 12.4. The second kappa shape index (κ2) is 7.54. The molecule has 1 saturated heterocycles. The van der Waals surface area contributed by atoms with Gasteiger partial charge >= 0.3 is 0 Å². The Balaban J connectivity index is 2.16. The summed E-state index contributed by atoms with van der Waals surface area (Å²) in [4.78, 5) is 12.4. The lowest BCUT2D eigenvalue weighted by atomic mass is 9.87. The molecule has 1 aliphatic rings. The van der Waals surface area contributed by atoms with E-state index in [1.165, 1.54) is 0 Å². The predicted molar refractivity (Wildman–Crippen MR) is 81.3 cm³/mol. The number of hydrogen-bond acceptors (Lipinski definition) is 4. The first kappa shape index (κ1) is 15.9. The van der Waals surface area contributed by atoms with Gasteiger partial charge in [0.2, 0.25) is 0 Å². The first-order chi connectivity index (χ1) is 10.1. The highest BCUT2D eigenvalue weighted by molar-refractivity contribution is 5.96. The van der Waals surface area contributed by atoms with E-state index in [9.17, 15) is 15.0 Å². The van der Waals surface area contributed by atoms with Gasteiger partial charge in [0.1, 0.15) is 0 Å². The van der Waals surface area contributed by atoms with E-state index in [0.717, 1.165) is 31.5 Å². The lowest BCUT2D eigenvalue weighted by Gasteiger charge is -2.26. The van der Waals surface area contributed by atoms with Crippen LogP contribution in [0.4, 0.5) is 0 Å². The van der Waals surface area contributed by atoms with Crippen molar-refractivity contribution in [2.75, 3.05) is 19.7 Å². The Labute approximate surface area is 125 Å². The zero-order valence-electron chi connectivity index (χ0n) is 12.4. The van der Waals surface area contributed by atoms with Crippen LogP contribution in [0.25, 0.3) is 0 Å². The third kappa shape index (κ3) is 4.03. The van der Waals surface area contributed by atoms with E-state index in [2.05, 4.69) is 10.6 Å². The minimum atomic E-state index is -0.787. The van der Waals surface area contributed by atoms with E-state index in [-0.39, 0.29) is 12.5 Å². The van der Waals surface area contributed by atoms with Crippen molar-refractivity contribution >= 4 is 5.91 Å². The molecule has 1 fully saturated rings. The Hall–Kier alpha value is -1.43. The van der Waals surface area contributed by atoms with Gasteiger partial charge in [-0.25, -0.2) is 0 Å². The van der Waals surface area contributed by atoms with E-state index in [0.29, 0.717) is 11.5 Å². The van der Waals surface area contributed by atoms with E-state index < -0.39 is 12.1 Å². The number of benzene rings is 1. The fraction of sp³-hybridized carbons (Fsp3) is 0.562. The van der Waals surface area contributed by atoms with Crippen molar-refractivity contribution in [2.24, 2.45) is 0 Å². The molecular weight excluding hydrogens is 268 g/mol. The molecule has 5 heteroatoms. The molecule has 0 aliphatic carbocycles. The quantitative estimate of drug-likeness (QED) is 0.641. The van der Waals surface area contributed by atoms with Crippen LogP contribution in [0.15, 0.2) is 24.3 Å². The van der Waals surface area contributed by atoms with Crippen molar-refractivity contribution in [3.05, 3.63) is 35.4 Å². The van der Waals surface area contributed by atoms with E-state index in [4.69, 9.17) is 0 Å². The van der Waals surface area contributed by atoms with E-state index in [1.807, 2.05) is 24.3 Å². The Morgan fingerprint density at radius 2 is 2.05 bits per heavy atom. The molecule has 0 bridgehead atoms. The van der Waals surface area contributed by atoms with Gasteiger partial charge in [0.15, 0.2) is 0 Å². The van der Waals surface area contributed by atoms with Gasteiger partial charge < -0.3 is 20.8 Å². The van der Waals surface area contributed by atoms with Gasteiger partial charge in [-0.3, -0.25) is 4.79 Å². The molecule has 2 atom stereocenters. The van der Waals surface area contributed by atoms with E-state index in [1.54, 1.807) is 6.92 Å². The summed E-state index contributed by atoms with van der Waals surface area (Å²) in [6.45, 7) is 3.21. The molecule has 0 spiro atoms.